The van der Waals surface area contributed by atoms with E-state index in [0.29, 0.717) is 0 Å². The van der Waals surface area contributed by atoms with Crippen LogP contribution in [0.5, 0.6) is 0 Å². The maximum absolute atomic E-state index is 11.9. The van der Waals surface area contributed by atoms with Crippen molar-refractivity contribution in [1.82, 2.24) is 10.6 Å². The van der Waals surface area contributed by atoms with Crippen molar-refractivity contribution in [1.29, 1.82) is 0 Å². The number of Topliss-reactive ketones (excluding diaryl/α,β-unsaturated/α-hetero) is 1. The number of carbonyl (C=O) groups is 4. The highest BCUT2D eigenvalue weighted by Gasteiger charge is 2.25. The normalized spacial score (nSPS) is 12.1. The van der Waals surface area contributed by atoms with Gasteiger partial charge in [-0.15, -0.1) is 0 Å². The molecule has 2 amide bonds. The Balaban J connectivity index is 4.14. The number of carboxylic acid groups (broad SMARTS) is 1. The standard InChI is InChI=1S/C15H26N2O5/c1-9(2)11(7-14(20)21)15(22)17-8-13(19)16-6-5-12(18)10(3)4/h9-11H,5-8H2,1-4H3,(H,16,19)(H,17,22)(H,20,21). The average molecular weight is 314 g/mol. The molecule has 0 aliphatic rings. The van der Waals surface area contributed by atoms with Crippen molar-refractivity contribution in [3.05, 3.63) is 0 Å². The molecule has 0 saturated carbocycles. The van der Waals surface area contributed by atoms with Gasteiger partial charge in [0.15, 0.2) is 0 Å². The Kier molecular flexibility index (Phi) is 9.05. The van der Waals surface area contributed by atoms with Gasteiger partial charge in [0.05, 0.1) is 18.9 Å². The fraction of sp³-hybridized carbons (Fsp3) is 0.733. The number of amides is 2. The van der Waals surface area contributed by atoms with Crippen molar-refractivity contribution in [2.45, 2.75) is 40.5 Å². The summed E-state index contributed by atoms with van der Waals surface area (Å²) in [5.74, 6) is -2.72. The monoisotopic (exact) mass is 314 g/mol. The van der Waals surface area contributed by atoms with E-state index in [9.17, 15) is 19.2 Å². The number of nitrogens with one attached hydrogen (secondary N) is 2. The van der Waals surface area contributed by atoms with E-state index in [1.807, 2.05) is 0 Å². The maximum Gasteiger partial charge on any atom is 0.304 e. The van der Waals surface area contributed by atoms with E-state index in [4.69, 9.17) is 5.11 Å². The summed E-state index contributed by atoms with van der Waals surface area (Å²) >= 11 is 0. The van der Waals surface area contributed by atoms with Crippen LogP contribution in [0.1, 0.15) is 40.5 Å². The van der Waals surface area contributed by atoms with E-state index in [1.54, 1.807) is 27.7 Å². The summed E-state index contributed by atoms with van der Waals surface area (Å²) < 4.78 is 0. The molecule has 7 nitrogen and oxygen atoms in total. The number of hydrogen-bond donors (Lipinski definition) is 3. The van der Waals surface area contributed by atoms with Crippen molar-refractivity contribution in [2.24, 2.45) is 17.8 Å². The van der Waals surface area contributed by atoms with Gasteiger partial charge in [0, 0.05) is 18.9 Å². The third kappa shape index (κ3) is 8.39. The molecule has 0 fully saturated rings. The lowest BCUT2D eigenvalue weighted by Gasteiger charge is -2.18. The van der Waals surface area contributed by atoms with Crippen LogP contribution >= 0.6 is 0 Å². The molecule has 0 rings (SSSR count). The summed E-state index contributed by atoms with van der Waals surface area (Å²) in [6.07, 6.45) is -0.0149. The summed E-state index contributed by atoms with van der Waals surface area (Å²) in [4.78, 5) is 45.6. The molecule has 0 radical (unpaired) electrons. The van der Waals surface area contributed by atoms with Crippen LogP contribution in [0.3, 0.4) is 0 Å². The fourth-order valence-electron chi connectivity index (χ4n) is 1.79. The molecule has 7 heteroatoms. The molecular weight excluding hydrogens is 288 g/mol. The van der Waals surface area contributed by atoms with E-state index in [1.165, 1.54) is 0 Å². The van der Waals surface area contributed by atoms with Crippen molar-refractivity contribution in [2.75, 3.05) is 13.1 Å². The van der Waals surface area contributed by atoms with Crippen molar-refractivity contribution in [3.8, 4) is 0 Å². The number of carbonyl (C=O) groups excluding carboxylic acids is 3. The molecule has 0 aromatic rings. The van der Waals surface area contributed by atoms with Crippen LogP contribution in [-0.2, 0) is 19.2 Å². The molecule has 0 saturated heterocycles. The molecule has 22 heavy (non-hydrogen) atoms. The smallest absolute Gasteiger partial charge is 0.304 e. The van der Waals surface area contributed by atoms with Gasteiger partial charge in [0.2, 0.25) is 11.8 Å². The molecule has 3 N–H and O–H groups in total. The van der Waals surface area contributed by atoms with Crippen LogP contribution in [-0.4, -0.2) is 41.8 Å². The molecule has 1 atom stereocenters. The molecule has 126 valence electrons. The van der Waals surface area contributed by atoms with Crippen LogP contribution in [0.15, 0.2) is 0 Å². The lowest BCUT2D eigenvalue weighted by atomic mass is 9.92. The number of hydrogen-bond acceptors (Lipinski definition) is 4. The quantitative estimate of drug-likeness (QED) is 0.546. The highest BCUT2D eigenvalue weighted by atomic mass is 16.4. The molecule has 1 unspecified atom stereocenters. The van der Waals surface area contributed by atoms with Gasteiger partial charge >= 0.3 is 5.97 Å². The first-order chi connectivity index (χ1) is 10.1. The van der Waals surface area contributed by atoms with Crippen LogP contribution in [0.2, 0.25) is 0 Å². The molecule has 0 heterocycles. The molecule has 0 bridgehead atoms. The molecule has 0 aliphatic carbocycles. The molecule has 0 aliphatic heterocycles. The fourth-order valence-corrected chi connectivity index (χ4v) is 1.79. The number of aliphatic carboxylic acids is 1. The summed E-state index contributed by atoms with van der Waals surface area (Å²) in [7, 11) is 0. The first-order valence-electron chi connectivity index (χ1n) is 7.44. The second kappa shape index (κ2) is 9.92. The van der Waals surface area contributed by atoms with Gasteiger partial charge in [0.25, 0.3) is 0 Å². The van der Waals surface area contributed by atoms with Crippen LogP contribution < -0.4 is 10.6 Å². The van der Waals surface area contributed by atoms with Crippen LogP contribution in [0.4, 0.5) is 0 Å². The SMILES string of the molecule is CC(C)C(=O)CCNC(=O)CNC(=O)C(CC(=O)O)C(C)C. The lowest BCUT2D eigenvalue weighted by Crippen LogP contribution is -2.41. The second-order valence-corrected chi connectivity index (χ2v) is 5.89. The van der Waals surface area contributed by atoms with Crippen molar-refractivity contribution < 1.29 is 24.3 Å². The number of carboxylic acids is 1. The highest BCUT2D eigenvalue weighted by molar-refractivity contribution is 5.88. The maximum atomic E-state index is 11.9. The summed E-state index contributed by atoms with van der Waals surface area (Å²) in [5, 5.41) is 13.8. The van der Waals surface area contributed by atoms with Gasteiger partial charge in [-0.2, -0.15) is 0 Å². The first kappa shape index (κ1) is 20.1. The van der Waals surface area contributed by atoms with E-state index < -0.39 is 23.7 Å². The minimum atomic E-state index is -1.05. The van der Waals surface area contributed by atoms with Gasteiger partial charge < -0.3 is 15.7 Å². The third-order valence-corrected chi connectivity index (χ3v) is 3.30. The van der Waals surface area contributed by atoms with Crippen LogP contribution in [0.25, 0.3) is 0 Å². The Morgan fingerprint density at radius 2 is 1.59 bits per heavy atom. The molecular formula is C15H26N2O5. The first-order valence-corrected chi connectivity index (χ1v) is 7.44. The zero-order chi connectivity index (χ0) is 17.3. The second-order valence-electron chi connectivity index (χ2n) is 5.89. The van der Waals surface area contributed by atoms with Crippen LogP contribution in [0, 0.1) is 17.8 Å². The Morgan fingerprint density at radius 3 is 2.05 bits per heavy atom. The third-order valence-electron chi connectivity index (χ3n) is 3.30. The Labute approximate surface area is 130 Å². The largest absolute Gasteiger partial charge is 0.481 e. The zero-order valence-electron chi connectivity index (χ0n) is 13.6. The summed E-state index contributed by atoms with van der Waals surface area (Å²) in [5.41, 5.74) is 0. The zero-order valence-corrected chi connectivity index (χ0v) is 13.6. The number of ketones is 1. The van der Waals surface area contributed by atoms with Crippen molar-refractivity contribution >= 4 is 23.6 Å². The molecule has 0 spiro atoms. The van der Waals surface area contributed by atoms with Crippen molar-refractivity contribution in [3.63, 3.8) is 0 Å². The van der Waals surface area contributed by atoms with E-state index >= 15 is 0 Å². The predicted molar refractivity (Wildman–Crippen MR) is 81.1 cm³/mol. The summed E-state index contributed by atoms with van der Waals surface area (Å²) in [6, 6.07) is 0. The van der Waals surface area contributed by atoms with E-state index in [2.05, 4.69) is 10.6 Å². The minimum absolute atomic E-state index is 0.0608. The Morgan fingerprint density at radius 1 is 1.00 bits per heavy atom. The predicted octanol–water partition coefficient (Wildman–Crippen LogP) is 0.581. The Bertz CT molecular complexity index is 418. The van der Waals surface area contributed by atoms with Gasteiger partial charge in [0.1, 0.15) is 5.78 Å². The number of rotatable bonds is 10. The highest BCUT2D eigenvalue weighted by Crippen LogP contribution is 2.15. The Hall–Kier alpha value is -1.92. The van der Waals surface area contributed by atoms with E-state index in [-0.39, 0.29) is 43.6 Å². The van der Waals surface area contributed by atoms with E-state index in [0.717, 1.165) is 0 Å². The lowest BCUT2D eigenvalue weighted by molar-refractivity contribution is -0.142. The van der Waals surface area contributed by atoms with Gasteiger partial charge in [-0.1, -0.05) is 27.7 Å². The molecule has 0 aromatic carbocycles. The molecule has 0 aromatic heterocycles. The van der Waals surface area contributed by atoms with Gasteiger partial charge in [-0.3, -0.25) is 19.2 Å². The van der Waals surface area contributed by atoms with Gasteiger partial charge in [-0.25, -0.2) is 0 Å². The minimum Gasteiger partial charge on any atom is -0.481 e. The van der Waals surface area contributed by atoms with Gasteiger partial charge in [-0.05, 0) is 5.92 Å². The topological polar surface area (TPSA) is 113 Å². The average Bonchev–Trinajstić information content (AvgIpc) is 2.41. The summed E-state index contributed by atoms with van der Waals surface area (Å²) in [6.45, 7) is 7.10.